The lowest BCUT2D eigenvalue weighted by molar-refractivity contribution is -0.116. The van der Waals surface area contributed by atoms with Crippen molar-refractivity contribution in [1.82, 2.24) is 25.1 Å². The van der Waals surface area contributed by atoms with E-state index < -0.39 is 0 Å². The van der Waals surface area contributed by atoms with Crippen LogP contribution in [0.4, 0.5) is 0 Å². The van der Waals surface area contributed by atoms with E-state index in [2.05, 4.69) is 20.5 Å². The van der Waals surface area contributed by atoms with Gasteiger partial charge in [-0.3, -0.25) is 14.9 Å². The molecule has 1 fully saturated rings. The number of allylic oxidation sites excluding steroid dienone is 1. The van der Waals surface area contributed by atoms with Gasteiger partial charge in [0.1, 0.15) is 5.82 Å². The summed E-state index contributed by atoms with van der Waals surface area (Å²) in [5, 5.41) is 10.0. The number of amides is 1. The normalized spacial score (nSPS) is 14.7. The molecule has 2 heterocycles. The van der Waals surface area contributed by atoms with Gasteiger partial charge in [-0.05, 0) is 55.3 Å². The number of aromatic amines is 1. The van der Waals surface area contributed by atoms with Crippen LogP contribution < -0.4 is 5.32 Å². The second-order valence-corrected chi connectivity index (χ2v) is 6.05. The Hall–Kier alpha value is -2.28. The van der Waals surface area contributed by atoms with Gasteiger partial charge in [0.25, 0.3) is 0 Å². The maximum atomic E-state index is 12.0. The van der Waals surface area contributed by atoms with E-state index in [0.29, 0.717) is 23.8 Å². The number of hydrogen-bond acceptors (Lipinski definition) is 4. The number of H-pyrrole nitrogens is 1. The molecule has 0 aliphatic heterocycles. The summed E-state index contributed by atoms with van der Waals surface area (Å²) < 4.78 is 2.59. The van der Waals surface area contributed by atoms with Crippen LogP contribution in [0.3, 0.4) is 0 Å². The minimum absolute atomic E-state index is 0.109. The molecule has 3 rings (SSSR count). The van der Waals surface area contributed by atoms with Gasteiger partial charge in [0.15, 0.2) is 4.77 Å². The van der Waals surface area contributed by atoms with Crippen molar-refractivity contribution in [2.45, 2.75) is 32.2 Å². The summed E-state index contributed by atoms with van der Waals surface area (Å²) in [6.45, 7) is 3.06. The van der Waals surface area contributed by atoms with E-state index in [1.807, 2.05) is 23.6 Å². The zero-order valence-corrected chi connectivity index (χ0v) is 13.8. The second kappa shape index (κ2) is 6.87. The molecule has 0 spiro atoms. The maximum Gasteiger partial charge on any atom is 0.244 e. The Morgan fingerprint density at radius 3 is 2.91 bits per heavy atom. The predicted octanol–water partition coefficient (Wildman–Crippen LogP) is 2.43. The van der Waals surface area contributed by atoms with Crippen LogP contribution >= 0.6 is 12.2 Å². The largest absolute Gasteiger partial charge is 0.351 e. The number of nitrogens with one attached hydrogen (secondary N) is 2. The molecule has 0 radical (unpaired) electrons. The molecule has 120 valence electrons. The molecule has 0 saturated heterocycles. The van der Waals surface area contributed by atoms with Crippen molar-refractivity contribution in [3.05, 3.63) is 46.8 Å². The standard InChI is InChI=1S/C16H19N5OS/c1-11(12-4-6-17-7-5-12)10-14(22)18-8-9-21-15(13-2-3-13)19-20-16(21)23/h4-7,10,13H,2-3,8-9H2,1H3,(H,18,22)(H,20,23)/b11-10-. The smallest absolute Gasteiger partial charge is 0.244 e. The maximum absolute atomic E-state index is 12.0. The van der Waals surface area contributed by atoms with Crippen LogP contribution in [-0.2, 0) is 11.3 Å². The highest BCUT2D eigenvalue weighted by Crippen LogP contribution is 2.38. The van der Waals surface area contributed by atoms with Gasteiger partial charge in [-0.25, -0.2) is 0 Å². The molecule has 2 aromatic heterocycles. The minimum Gasteiger partial charge on any atom is -0.351 e. The summed E-state index contributed by atoms with van der Waals surface area (Å²) in [6, 6.07) is 3.76. The van der Waals surface area contributed by atoms with E-state index in [1.165, 1.54) is 12.8 Å². The van der Waals surface area contributed by atoms with E-state index in [9.17, 15) is 4.79 Å². The van der Waals surface area contributed by atoms with Crippen LogP contribution in [0, 0.1) is 4.77 Å². The summed E-state index contributed by atoms with van der Waals surface area (Å²) in [5.74, 6) is 1.42. The molecule has 1 aliphatic carbocycles. The molecule has 0 bridgehead atoms. The highest BCUT2D eigenvalue weighted by Gasteiger charge is 2.28. The van der Waals surface area contributed by atoms with Gasteiger partial charge in [0.2, 0.25) is 5.91 Å². The van der Waals surface area contributed by atoms with Gasteiger partial charge in [-0.2, -0.15) is 5.10 Å². The molecule has 1 aliphatic rings. The Bertz CT molecular complexity index is 773. The topological polar surface area (TPSA) is 75.6 Å². The van der Waals surface area contributed by atoms with E-state index in [4.69, 9.17) is 12.2 Å². The molecule has 1 amide bonds. The van der Waals surface area contributed by atoms with Gasteiger partial charge < -0.3 is 9.88 Å². The first-order chi connectivity index (χ1) is 11.1. The third kappa shape index (κ3) is 3.92. The van der Waals surface area contributed by atoms with Crippen LogP contribution in [0.25, 0.3) is 5.57 Å². The van der Waals surface area contributed by atoms with Gasteiger partial charge in [0.05, 0.1) is 0 Å². The molecular formula is C16H19N5OS. The van der Waals surface area contributed by atoms with Crippen LogP contribution in [-0.4, -0.2) is 32.2 Å². The fourth-order valence-corrected chi connectivity index (χ4v) is 2.67. The average Bonchev–Trinajstić information content (AvgIpc) is 3.33. The lowest BCUT2D eigenvalue weighted by Crippen LogP contribution is -2.26. The van der Waals surface area contributed by atoms with Crippen molar-refractivity contribution >= 4 is 23.7 Å². The molecule has 1 saturated carbocycles. The lowest BCUT2D eigenvalue weighted by atomic mass is 10.1. The number of hydrogen-bond donors (Lipinski definition) is 2. The monoisotopic (exact) mass is 329 g/mol. The highest BCUT2D eigenvalue weighted by molar-refractivity contribution is 7.71. The van der Waals surface area contributed by atoms with Gasteiger partial charge >= 0.3 is 0 Å². The molecule has 0 unspecified atom stereocenters. The molecule has 0 aromatic carbocycles. The van der Waals surface area contributed by atoms with E-state index >= 15 is 0 Å². The molecule has 2 N–H and O–H groups in total. The van der Waals surface area contributed by atoms with Crippen molar-refractivity contribution in [2.24, 2.45) is 0 Å². The zero-order valence-electron chi connectivity index (χ0n) is 13.0. The Kier molecular flexibility index (Phi) is 4.66. The van der Waals surface area contributed by atoms with Crippen LogP contribution in [0.2, 0.25) is 0 Å². The fourth-order valence-electron chi connectivity index (χ4n) is 2.44. The Morgan fingerprint density at radius 2 is 2.22 bits per heavy atom. The summed E-state index contributed by atoms with van der Waals surface area (Å²) >= 11 is 5.25. The first kappa shape index (κ1) is 15.6. The van der Waals surface area contributed by atoms with Crippen LogP contribution in [0.15, 0.2) is 30.6 Å². The number of carbonyl (C=O) groups is 1. The van der Waals surface area contributed by atoms with Crippen molar-refractivity contribution < 1.29 is 4.79 Å². The van der Waals surface area contributed by atoms with E-state index in [0.717, 1.165) is 17.0 Å². The third-order valence-electron chi connectivity index (χ3n) is 3.85. The number of pyridine rings is 1. The number of nitrogens with zero attached hydrogens (tertiary/aromatic N) is 3. The van der Waals surface area contributed by atoms with Crippen molar-refractivity contribution in [3.8, 4) is 0 Å². The lowest BCUT2D eigenvalue weighted by Gasteiger charge is -2.07. The van der Waals surface area contributed by atoms with E-state index in [-0.39, 0.29) is 5.91 Å². The molecule has 6 nitrogen and oxygen atoms in total. The van der Waals surface area contributed by atoms with Crippen LogP contribution in [0.5, 0.6) is 0 Å². The average molecular weight is 329 g/mol. The SMILES string of the molecule is C/C(=C/C(=O)NCCn1c(C2CC2)n[nH]c1=S)c1ccncc1. The zero-order chi connectivity index (χ0) is 16.2. The van der Waals surface area contributed by atoms with Crippen molar-refractivity contribution in [2.75, 3.05) is 6.54 Å². The first-order valence-corrected chi connectivity index (χ1v) is 8.07. The van der Waals surface area contributed by atoms with Crippen LogP contribution in [0.1, 0.15) is 37.1 Å². The van der Waals surface area contributed by atoms with Gasteiger partial charge in [-0.1, -0.05) is 0 Å². The number of rotatable bonds is 6. The summed E-state index contributed by atoms with van der Waals surface area (Å²) in [5.41, 5.74) is 1.90. The molecule has 2 aromatic rings. The van der Waals surface area contributed by atoms with Crippen molar-refractivity contribution in [1.29, 1.82) is 0 Å². The first-order valence-electron chi connectivity index (χ1n) is 7.67. The third-order valence-corrected chi connectivity index (χ3v) is 4.16. The Labute approximate surface area is 139 Å². The fraction of sp³-hybridized carbons (Fsp3) is 0.375. The van der Waals surface area contributed by atoms with E-state index in [1.54, 1.807) is 18.5 Å². The minimum atomic E-state index is -0.109. The summed E-state index contributed by atoms with van der Waals surface area (Å²) in [6.07, 6.45) is 7.36. The molecular weight excluding hydrogens is 310 g/mol. The molecule has 23 heavy (non-hydrogen) atoms. The summed E-state index contributed by atoms with van der Waals surface area (Å²) in [4.78, 5) is 16.0. The molecule has 7 heteroatoms. The Morgan fingerprint density at radius 1 is 1.48 bits per heavy atom. The van der Waals surface area contributed by atoms with Gasteiger partial charge in [0, 0.05) is 37.5 Å². The van der Waals surface area contributed by atoms with Gasteiger partial charge in [-0.15, -0.1) is 0 Å². The second-order valence-electron chi connectivity index (χ2n) is 5.67. The summed E-state index contributed by atoms with van der Waals surface area (Å²) in [7, 11) is 0. The Balaban J connectivity index is 1.56. The number of carbonyl (C=O) groups excluding carboxylic acids is 1. The predicted molar refractivity (Wildman–Crippen MR) is 90.3 cm³/mol. The quantitative estimate of drug-likeness (QED) is 0.630. The van der Waals surface area contributed by atoms with Crippen molar-refractivity contribution in [3.63, 3.8) is 0 Å². The highest BCUT2D eigenvalue weighted by atomic mass is 32.1. The number of aromatic nitrogens is 4. The molecule has 0 atom stereocenters.